The Kier molecular flexibility index (Phi) is 6.48. The van der Waals surface area contributed by atoms with Gasteiger partial charge in [0.2, 0.25) is 11.8 Å². The van der Waals surface area contributed by atoms with Crippen molar-refractivity contribution < 1.29 is 19.5 Å². The molecule has 6 heteroatoms. The molecule has 2 amide bonds. The van der Waals surface area contributed by atoms with Gasteiger partial charge in [0.1, 0.15) is 0 Å². The van der Waals surface area contributed by atoms with Gasteiger partial charge >= 0.3 is 5.97 Å². The molecule has 0 saturated heterocycles. The fraction of sp³-hybridized carbons (Fsp3) is 0.786. The lowest BCUT2D eigenvalue weighted by Crippen LogP contribution is -2.37. The Morgan fingerprint density at radius 1 is 1.10 bits per heavy atom. The number of carboxylic acids is 1. The summed E-state index contributed by atoms with van der Waals surface area (Å²) in [6.07, 6.45) is 2.25. The molecule has 0 radical (unpaired) electrons. The van der Waals surface area contributed by atoms with Crippen LogP contribution in [0.4, 0.5) is 0 Å². The Balaban J connectivity index is 2.35. The third-order valence-corrected chi connectivity index (χ3v) is 3.68. The highest BCUT2D eigenvalue weighted by atomic mass is 16.4. The summed E-state index contributed by atoms with van der Waals surface area (Å²) in [6.45, 7) is 4.82. The van der Waals surface area contributed by atoms with Crippen molar-refractivity contribution in [1.82, 2.24) is 10.6 Å². The minimum atomic E-state index is -0.907. The maximum atomic E-state index is 12.0. The minimum absolute atomic E-state index is 0.0956. The van der Waals surface area contributed by atoms with Gasteiger partial charge in [0.25, 0.3) is 0 Å². The zero-order valence-corrected chi connectivity index (χ0v) is 12.1. The molecule has 1 saturated carbocycles. The van der Waals surface area contributed by atoms with Gasteiger partial charge in [0.05, 0.1) is 11.8 Å². The Hall–Kier alpha value is -1.59. The molecule has 1 rings (SSSR count). The van der Waals surface area contributed by atoms with Crippen LogP contribution in [0.15, 0.2) is 0 Å². The summed E-state index contributed by atoms with van der Waals surface area (Å²) < 4.78 is 0. The molecule has 0 aromatic carbocycles. The maximum absolute atomic E-state index is 12.0. The second-order valence-electron chi connectivity index (χ2n) is 5.52. The van der Waals surface area contributed by atoms with Crippen LogP contribution < -0.4 is 10.6 Å². The average Bonchev–Trinajstić information content (AvgIpc) is 2.78. The van der Waals surface area contributed by atoms with E-state index in [9.17, 15) is 14.4 Å². The van der Waals surface area contributed by atoms with E-state index in [-0.39, 0.29) is 30.7 Å². The van der Waals surface area contributed by atoms with Crippen molar-refractivity contribution in [2.75, 3.05) is 13.1 Å². The highest BCUT2D eigenvalue weighted by molar-refractivity contribution is 5.85. The molecular formula is C14H24N2O4. The largest absolute Gasteiger partial charge is 0.481 e. The van der Waals surface area contributed by atoms with Crippen molar-refractivity contribution >= 4 is 17.8 Å². The summed E-state index contributed by atoms with van der Waals surface area (Å²) >= 11 is 0. The predicted molar refractivity (Wildman–Crippen MR) is 73.9 cm³/mol. The van der Waals surface area contributed by atoms with E-state index in [0.717, 1.165) is 6.42 Å². The van der Waals surface area contributed by atoms with Gasteiger partial charge in [-0.05, 0) is 25.2 Å². The number of carboxylic acid groups (broad SMARTS) is 1. The minimum Gasteiger partial charge on any atom is -0.481 e. The number of aliphatic carboxylic acids is 1. The third-order valence-electron chi connectivity index (χ3n) is 3.68. The zero-order chi connectivity index (χ0) is 15.1. The van der Waals surface area contributed by atoms with Crippen LogP contribution in [0.3, 0.4) is 0 Å². The van der Waals surface area contributed by atoms with Gasteiger partial charge < -0.3 is 15.7 Å². The van der Waals surface area contributed by atoms with E-state index >= 15 is 0 Å². The molecule has 1 aliphatic carbocycles. The zero-order valence-electron chi connectivity index (χ0n) is 12.1. The maximum Gasteiger partial charge on any atom is 0.307 e. The lowest BCUT2D eigenvalue weighted by atomic mass is 9.95. The summed E-state index contributed by atoms with van der Waals surface area (Å²) in [6, 6.07) is 0. The van der Waals surface area contributed by atoms with Crippen molar-refractivity contribution in [2.45, 2.75) is 39.5 Å². The van der Waals surface area contributed by atoms with Gasteiger partial charge in [0, 0.05) is 19.5 Å². The van der Waals surface area contributed by atoms with Crippen LogP contribution in [0, 0.1) is 17.8 Å². The molecular weight excluding hydrogens is 260 g/mol. The van der Waals surface area contributed by atoms with E-state index in [1.54, 1.807) is 0 Å². The SMILES string of the molecule is CCCNC(=O)CCNC(=O)[C@H]1CC(C)C[C@H]1C(=O)O. The van der Waals surface area contributed by atoms with Crippen LogP contribution in [0.5, 0.6) is 0 Å². The summed E-state index contributed by atoms with van der Waals surface area (Å²) in [5, 5.41) is 14.5. The number of carbonyl (C=O) groups excluding carboxylic acids is 2. The van der Waals surface area contributed by atoms with Crippen molar-refractivity contribution in [3.8, 4) is 0 Å². The van der Waals surface area contributed by atoms with Crippen LogP contribution in [-0.2, 0) is 14.4 Å². The molecule has 0 aromatic heterocycles. The third kappa shape index (κ3) is 4.83. The van der Waals surface area contributed by atoms with Gasteiger partial charge in [-0.2, -0.15) is 0 Å². The van der Waals surface area contributed by atoms with Gasteiger partial charge in [-0.1, -0.05) is 13.8 Å². The van der Waals surface area contributed by atoms with Crippen molar-refractivity contribution in [3.05, 3.63) is 0 Å². The number of carbonyl (C=O) groups is 3. The van der Waals surface area contributed by atoms with E-state index in [0.29, 0.717) is 19.4 Å². The lowest BCUT2D eigenvalue weighted by Gasteiger charge is -2.15. The van der Waals surface area contributed by atoms with E-state index in [1.807, 2.05) is 13.8 Å². The second kappa shape index (κ2) is 7.87. The van der Waals surface area contributed by atoms with Crippen LogP contribution in [0.25, 0.3) is 0 Å². The summed E-state index contributed by atoms with van der Waals surface area (Å²) in [4.78, 5) is 34.5. The Labute approximate surface area is 119 Å². The molecule has 20 heavy (non-hydrogen) atoms. The second-order valence-corrected chi connectivity index (χ2v) is 5.52. The Morgan fingerprint density at radius 3 is 2.35 bits per heavy atom. The smallest absolute Gasteiger partial charge is 0.307 e. The van der Waals surface area contributed by atoms with E-state index in [1.165, 1.54) is 0 Å². The molecule has 0 aromatic rings. The molecule has 114 valence electrons. The Morgan fingerprint density at radius 2 is 1.75 bits per heavy atom. The molecule has 1 aliphatic rings. The van der Waals surface area contributed by atoms with Crippen LogP contribution in [0.1, 0.15) is 39.5 Å². The topological polar surface area (TPSA) is 95.5 Å². The van der Waals surface area contributed by atoms with E-state index < -0.39 is 17.8 Å². The summed E-state index contributed by atoms with van der Waals surface area (Å²) in [5.41, 5.74) is 0. The number of amides is 2. The van der Waals surface area contributed by atoms with Gasteiger partial charge in [0.15, 0.2) is 0 Å². The lowest BCUT2D eigenvalue weighted by molar-refractivity contribution is -0.146. The first kappa shape index (κ1) is 16.5. The quantitative estimate of drug-likeness (QED) is 0.643. The molecule has 1 fully saturated rings. The highest BCUT2D eigenvalue weighted by Crippen LogP contribution is 2.36. The monoisotopic (exact) mass is 284 g/mol. The molecule has 3 atom stereocenters. The number of rotatable bonds is 7. The first-order chi connectivity index (χ1) is 9.45. The molecule has 0 spiro atoms. The molecule has 0 heterocycles. The van der Waals surface area contributed by atoms with Crippen LogP contribution >= 0.6 is 0 Å². The van der Waals surface area contributed by atoms with Crippen LogP contribution in [0.2, 0.25) is 0 Å². The molecule has 3 N–H and O–H groups in total. The molecule has 1 unspecified atom stereocenters. The first-order valence-corrected chi connectivity index (χ1v) is 7.22. The average molecular weight is 284 g/mol. The van der Waals surface area contributed by atoms with Gasteiger partial charge in [-0.3, -0.25) is 14.4 Å². The molecule has 0 aliphatic heterocycles. The molecule has 6 nitrogen and oxygen atoms in total. The molecule has 0 bridgehead atoms. The number of nitrogens with one attached hydrogen (secondary N) is 2. The van der Waals surface area contributed by atoms with Crippen molar-refractivity contribution in [3.63, 3.8) is 0 Å². The summed E-state index contributed by atoms with van der Waals surface area (Å²) in [5.74, 6) is -2.07. The normalized spacial score (nSPS) is 25.2. The van der Waals surface area contributed by atoms with Crippen molar-refractivity contribution in [1.29, 1.82) is 0 Å². The highest BCUT2D eigenvalue weighted by Gasteiger charge is 2.40. The van der Waals surface area contributed by atoms with Gasteiger partial charge in [-0.25, -0.2) is 0 Å². The standard InChI is InChI=1S/C14H24N2O4/c1-3-5-15-12(17)4-6-16-13(18)10-7-9(2)8-11(10)14(19)20/h9-11H,3-8H2,1-2H3,(H,15,17)(H,16,18)(H,19,20)/t9?,10-,11+/m0/s1. The van der Waals surface area contributed by atoms with E-state index in [4.69, 9.17) is 5.11 Å². The Bertz CT molecular complexity index is 370. The van der Waals surface area contributed by atoms with E-state index in [2.05, 4.69) is 10.6 Å². The van der Waals surface area contributed by atoms with Gasteiger partial charge in [-0.15, -0.1) is 0 Å². The number of hydrogen-bond acceptors (Lipinski definition) is 3. The fourth-order valence-electron chi connectivity index (χ4n) is 2.64. The summed E-state index contributed by atoms with van der Waals surface area (Å²) in [7, 11) is 0. The first-order valence-electron chi connectivity index (χ1n) is 7.22. The number of hydrogen-bond donors (Lipinski definition) is 3. The predicted octanol–water partition coefficient (Wildman–Crippen LogP) is 0.766. The van der Waals surface area contributed by atoms with Crippen LogP contribution in [-0.4, -0.2) is 36.0 Å². The van der Waals surface area contributed by atoms with Crippen molar-refractivity contribution in [2.24, 2.45) is 17.8 Å². The fourth-order valence-corrected chi connectivity index (χ4v) is 2.64.